The van der Waals surface area contributed by atoms with E-state index < -0.39 is 6.04 Å². The molecular weight excluding hydrogens is 296 g/mol. The van der Waals surface area contributed by atoms with Crippen molar-refractivity contribution in [2.24, 2.45) is 4.99 Å². The van der Waals surface area contributed by atoms with Crippen LogP contribution >= 0.6 is 0 Å². The summed E-state index contributed by atoms with van der Waals surface area (Å²) in [6, 6.07) is 7.16. The summed E-state index contributed by atoms with van der Waals surface area (Å²) in [6.45, 7) is 0. The predicted molar refractivity (Wildman–Crippen MR) is 82.7 cm³/mol. The van der Waals surface area contributed by atoms with Crippen LogP contribution in [-0.4, -0.2) is 35.5 Å². The second-order valence-corrected chi connectivity index (χ2v) is 5.75. The van der Waals surface area contributed by atoms with Gasteiger partial charge in [0.2, 0.25) is 5.89 Å². The maximum absolute atomic E-state index is 12.5. The molecule has 1 unspecified atom stereocenters. The molecule has 1 aliphatic carbocycles. The molecule has 4 rings (SSSR count). The molecule has 1 amide bonds. The van der Waals surface area contributed by atoms with Gasteiger partial charge in [-0.1, -0.05) is 12.1 Å². The summed E-state index contributed by atoms with van der Waals surface area (Å²) in [5.41, 5.74) is 0.994. The molecule has 0 bridgehead atoms. The Morgan fingerprint density at radius 2 is 2.26 bits per heavy atom. The van der Waals surface area contributed by atoms with Crippen molar-refractivity contribution in [1.82, 2.24) is 10.1 Å². The number of rotatable bonds is 5. The SMILES string of the molecule is COc1cccc(CC2N=CN(c3noc(C4CC4)n3)C2=O)c1. The van der Waals surface area contributed by atoms with E-state index in [2.05, 4.69) is 15.1 Å². The van der Waals surface area contributed by atoms with E-state index in [1.165, 1.54) is 11.2 Å². The minimum absolute atomic E-state index is 0.143. The number of ether oxygens (including phenoxy) is 1. The highest BCUT2D eigenvalue weighted by Crippen LogP contribution is 2.39. The maximum atomic E-state index is 12.5. The van der Waals surface area contributed by atoms with Crippen LogP contribution in [0.5, 0.6) is 5.75 Å². The van der Waals surface area contributed by atoms with Gasteiger partial charge in [-0.05, 0) is 35.7 Å². The lowest BCUT2D eigenvalue weighted by Gasteiger charge is -2.10. The fourth-order valence-corrected chi connectivity index (χ4v) is 2.56. The van der Waals surface area contributed by atoms with E-state index in [0.717, 1.165) is 24.2 Å². The van der Waals surface area contributed by atoms with Crippen molar-refractivity contribution in [2.45, 2.75) is 31.2 Å². The van der Waals surface area contributed by atoms with Gasteiger partial charge in [-0.3, -0.25) is 9.79 Å². The van der Waals surface area contributed by atoms with Crippen LogP contribution in [0, 0.1) is 0 Å². The summed E-state index contributed by atoms with van der Waals surface area (Å²) in [4.78, 5) is 22.4. The molecule has 0 N–H and O–H groups in total. The van der Waals surface area contributed by atoms with Crippen molar-refractivity contribution >= 4 is 18.2 Å². The van der Waals surface area contributed by atoms with Gasteiger partial charge in [0.15, 0.2) is 0 Å². The fourth-order valence-electron chi connectivity index (χ4n) is 2.56. The quantitative estimate of drug-likeness (QED) is 0.843. The number of aromatic nitrogens is 2. The lowest BCUT2D eigenvalue weighted by Crippen LogP contribution is -2.32. The van der Waals surface area contributed by atoms with E-state index in [9.17, 15) is 4.79 Å². The van der Waals surface area contributed by atoms with Crippen LogP contribution in [0.25, 0.3) is 0 Å². The Morgan fingerprint density at radius 3 is 3.04 bits per heavy atom. The highest BCUT2D eigenvalue weighted by atomic mass is 16.5. The number of benzene rings is 1. The number of nitrogens with zero attached hydrogens (tertiary/aromatic N) is 4. The van der Waals surface area contributed by atoms with E-state index in [4.69, 9.17) is 9.26 Å². The molecule has 118 valence electrons. The normalized spacial score (nSPS) is 20.3. The molecule has 2 heterocycles. The minimum atomic E-state index is -0.468. The van der Waals surface area contributed by atoms with Crippen LogP contribution < -0.4 is 9.64 Å². The topological polar surface area (TPSA) is 80.8 Å². The monoisotopic (exact) mass is 312 g/mol. The summed E-state index contributed by atoms with van der Waals surface area (Å²) in [6.07, 6.45) is 4.13. The summed E-state index contributed by atoms with van der Waals surface area (Å²) >= 11 is 0. The van der Waals surface area contributed by atoms with E-state index >= 15 is 0 Å². The van der Waals surface area contributed by atoms with E-state index in [1.807, 2.05) is 24.3 Å². The van der Waals surface area contributed by atoms with Crippen molar-refractivity contribution in [3.05, 3.63) is 35.7 Å². The molecule has 1 aromatic carbocycles. The zero-order chi connectivity index (χ0) is 15.8. The highest BCUT2D eigenvalue weighted by molar-refractivity contribution is 6.13. The zero-order valence-corrected chi connectivity index (χ0v) is 12.7. The summed E-state index contributed by atoms with van der Waals surface area (Å²) in [5.74, 6) is 1.86. The van der Waals surface area contributed by atoms with Gasteiger partial charge in [-0.25, -0.2) is 4.90 Å². The molecular formula is C16H16N4O3. The standard InChI is InChI=1S/C16H16N4O3/c1-22-12-4-2-3-10(7-12)8-13-15(21)20(9-17-13)16-18-14(23-19-16)11-5-6-11/h2-4,7,9,11,13H,5-6,8H2,1H3. The molecule has 0 radical (unpaired) electrons. The number of hydrogen-bond donors (Lipinski definition) is 0. The highest BCUT2D eigenvalue weighted by Gasteiger charge is 2.35. The summed E-state index contributed by atoms with van der Waals surface area (Å²) in [7, 11) is 1.62. The Kier molecular flexibility index (Phi) is 3.33. The van der Waals surface area contributed by atoms with Crippen LogP contribution in [0.15, 0.2) is 33.8 Å². The molecule has 2 aliphatic rings. The minimum Gasteiger partial charge on any atom is -0.497 e. The van der Waals surface area contributed by atoms with E-state index in [-0.39, 0.29) is 11.9 Å². The van der Waals surface area contributed by atoms with Gasteiger partial charge in [0.05, 0.1) is 7.11 Å². The van der Waals surface area contributed by atoms with E-state index in [1.54, 1.807) is 7.11 Å². The lowest BCUT2D eigenvalue weighted by atomic mass is 10.1. The van der Waals surface area contributed by atoms with Gasteiger partial charge >= 0.3 is 0 Å². The largest absolute Gasteiger partial charge is 0.497 e. The van der Waals surface area contributed by atoms with Crippen LogP contribution in [0.3, 0.4) is 0 Å². The summed E-state index contributed by atoms with van der Waals surface area (Å²) in [5, 5.41) is 3.89. The molecule has 1 atom stereocenters. The smallest absolute Gasteiger partial charge is 0.278 e. The first-order valence-electron chi connectivity index (χ1n) is 7.57. The molecule has 1 aliphatic heterocycles. The van der Waals surface area contributed by atoms with Gasteiger partial charge < -0.3 is 9.26 Å². The average molecular weight is 312 g/mol. The molecule has 1 fully saturated rings. The average Bonchev–Trinajstić information content (AvgIpc) is 3.21. The van der Waals surface area contributed by atoms with Crippen LogP contribution in [0.4, 0.5) is 5.95 Å². The van der Waals surface area contributed by atoms with Crippen molar-refractivity contribution in [3.8, 4) is 5.75 Å². The zero-order valence-electron chi connectivity index (χ0n) is 12.7. The number of aliphatic imine (C=N–C) groups is 1. The van der Waals surface area contributed by atoms with Gasteiger partial charge in [0.1, 0.15) is 18.1 Å². The molecule has 7 heteroatoms. The fraction of sp³-hybridized carbons (Fsp3) is 0.375. The lowest BCUT2D eigenvalue weighted by molar-refractivity contribution is -0.118. The molecule has 0 spiro atoms. The van der Waals surface area contributed by atoms with Crippen LogP contribution in [0.2, 0.25) is 0 Å². The van der Waals surface area contributed by atoms with Crippen LogP contribution in [0.1, 0.15) is 30.2 Å². The first-order chi connectivity index (χ1) is 11.2. The van der Waals surface area contributed by atoms with Crippen molar-refractivity contribution < 1.29 is 14.1 Å². The maximum Gasteiger partial charge on any atom is 0.278 e. The third-order valence-corrected chi connectivity index (χ3v) is 4.02. The van der Waals surface area contributed by atoms with Crippen molar-refractivity contribution in [2.75, 3.05) is 12.0 Å². The van der Waals surface area contributed by atoms with E-state index in [0.29, 0.717) is 18.2 Å². The molecule has 1 aromatic heterocycles. The Labute approximate surface area is 133 Å². The summed E-state index contributed by atoms with van der Waals surface area (Å²) < 4.78 is 10.4. The second kappa shape index (κ2) is 5.49. The Hall–Kier alpha value is -2.70. The molecule has 2 aromatic rings. The van der Waals surface area contributed by atoms with Crippen LogP contribution in [-0.2, 0) is 11.2 Å². The number of carbonyl (C=O) groups excluding carboxylic acids is 1. The Bertz CT molecular complexity index is 766. The molecule has 1 saturated carbocycles. The van der Waals surface area contributed by atoms with Gasteiger partial charge in [-0.15, -0.1) is 0 Å². The van der Waals surface area contributed by atoms with Gasteiger partial charge in [-0.2, -0.15) is 4.98 Å². The number of hydrogen-bond acceptors (Lipinski definition) is 6. The first-order valence-corrected chi connectivity index (χ1v) is 7.57. The first kappa shape index (κ1) is 13.9. The van der Waals surface area contributed by atoms with Crippen molar-refractivity contribution in [3.63, 3.8) is 0 Å². The predicted octanol–water partition coefficient (Wildman–Crippen LogP) is 1.94. The number of amides is 1. The Morgan fingerprint density at radius 1 is 1.39 bits per heavy atom. The second-order valence-electron chi connectivity index (χ2n) is 5.75. The molecule has 23 heavy (non-hydrogen) atoms. The third kappa shape index (κ3) is 2.69. The molecule has 7 nitrogen and oxygen atoms in total. The van der Waals surface area contributed by atoms with Gasteiger partial charge in [0.25, 0.3) is 11.9 Å². The number of anilines is 1. The third-order valence-electron chi connectivity index (χ3n) is 4.02. The molecule has 0 saturated heterocycles. The number of methoxy groups -OCH3 is 1. The number of carbonyl (C=O) groups is 1. The van der Waals surface area contributed by atoms with Gasteiger partial charge in [0, 0.05) is 12.3 Å². The Balaban J connectivity index is 1.47. The van der Waals surface area contributed by atoms with Crippen molar-refractivity contribution in [1.29, 1.82) is 0 Å².